The highest BCUT2D eigenvalue weighted by molar-refractivity contribution is 5.91. The van der Waals surface area contributed by atoms with Crippen LogP contribution in [0.25, 0.3) is 11.2 Å². The fourth-order valence-corrected chi connectivity index (χ4v) is 3.68. The van der Waals surface area contributed by atoms with Crippen LogP contribution in [0, 0.1) is 11.6 Å². The van der Waals surface area contributed by atoms with E-state index in [2.05, 4.69) is 30.9 Å². The quantitative estimate of drug-likeness (QED) is 0.296. The molecule has 1 aliphatic rings. The van der Waals surface area contributed by atoms with Crippen molar-refractivity contribution in [1.82, 2.24) is 24.8 Å². The third kappa shape index (κ3) is 5.38. The molecule has 3 aromatic rings. The van der Waals surface area contributed by atoms with Crippen LogP contribution >= 0.6 is 0 Å². The number of anilines is 3. The number of imidazole rings is 1. The lowest BCUT2D eigenvalue weighted by Gasteiger charge is -2.26. The molecule has 0 aliphatic heterocycles. The van der Waals surface area contributed by atoms with Crippen molar-refractivity contribution in [3.63, 3.8) is 0 Å². The smallest absolute Gasteiger partial charge is 0.330 e. The van der Waals surface area contributed by atoms with Gasteiger partial charge in [0.05, 0.1) is 30.7 Å². The first-order valence-electron chi connectivity index (χ1n) is 10.8. The van der Waals surface area contributed by atoms with E-state index < -0.39 is 30.4 Å². The van der Waals surface area contributed by atoms with Crippen LogP contribution in [0.3, 0.4) is 0 Å². The number of nitrogens with zero attached hydrogens (tertiary/aromatic N) is 4. The summed E-state index contributed by atoms with van der Waals surface area (Å²) < 4.78 is 28.6. The maximum atomic E-state index is 14.2. The molecule has 2 heterocycles. The number of carbonyl (C=O) groups excluding carboxylic acids is 1. The van der Waals surface area contributed by atoms with E-state index in [0.717, 1.165) is 29.5 Å². The second-order valence-corrected chi connectivity index (χ2v) is 8.09. The lowest BCUT2D eigenvalue weighted by atomic mass is 9.93. The first kappa shape index (κ1) is 23.7. The Morgan fingerprint density at radius 3 is 2.68 bits per heavy atom. The Morgan fingerprint density at radius 1 is 1.21 bits per heavy atom. The number of aromatic nitrogens is 4. The number of halogens is 2. The molecule has 4 rings (SSSR count). The van der Waals surface area contributed by atoms with Gasteiger partial charge in [-0.2, -0.15) is 4.98 Å². The predicted octanol–water partition coefficient (Wildman–Crippen LogP) is 1.47. The highest BCUT2D eigenvalue weighted by atomic mass is 19.1. The first-order valence-corrected chi connectivity index (χ1v) is 10.8. The standard InChI is InChI=1S/C21H25F2N7O4/c22-11-1-6-16(15(23)7-11)27-20-28-17-9-24-19(26-12-2-4-13(32)5-3-12)29-18(17)30(20)21(34)25-8-14(33)10-31/h1,6-7,9,12-14,31-33H,2-5,8,10H2,(H,25,34)(H,27,28)(H,24,26,29)/t12?,13?,14-/m1/s1. The lowest BCUT2D eigenvalue weighted by molar-refractivity contribution is 0.0960. The van der Waals surface area contributed by atoms with Gasteiger partial charge in [0, 0.05) is 18.7 Å². The van der Waals surface area contributed by atoms with Gasteiger partial charge in [0.1, 0.15) is 17.2 Å². The van der Waals surface area contributed by atoms with Crippen LogP contribution < -0.4 is 16.0 Å². The van der Waals surface area contributed by atoms with Gasteiger partial charge in [-0.25, -0.2) is 28.1 Å². The molecule has 2 aromatic heterocycles. The second kappa shape index (κ2) is 10.2. The summed E-state index contributed by atoms with van der Waals surface area (Å²) in [7, 11) is 0. The minimum atomic E-state index is -1.18. The van der Waals surface area contributed by atoms with E-state index in [-0.39, 0.29) is 47.4 Å². The Labute approximate surface area is 192 Å². The average molecular weight is 477 g/mol. The number of carbonyl (C=O) groups is 1. The van der Waals surface area contributed by atoms with Gasteiger partial charge in [-0.1, -0.05) is 0 Å². The Morgan fingerprint density at radius 2 is 1.97 bits per heavy atom. The number of hydrogen-bond donors (Lipinski definition) is 6. The highest BCUT2D eigenvalue weighted by Gasteiger charge is 2.23. The number of rotatable bonds is 7. The van der Waals surface area contributed by atoms with Gasteiger partial charge in [-0.3, -0.25) is 0 Å². The van der Waals surface area contributed by atoms with Crippen molar-refractivity contribution in [2.75, 3.05) is 23.8 Å². The number of benzene rings is 1. The number of fused-ring (bicyclic) bond motifs is 1. The minimum Gasteiger partial charge on any atom is -0.394 e. The van der Waals surface area contributed by atoms with E-state index >= 15 is 0 Å². The summed E-state index contributed by atoms with van der Waals surface area (Å²) in [6, 6.07) is 2.22. The molecule has 6 N–H and O–H groups in total. The van der Waals surface area contributed by atoms with E-state index in [0.29, 0.717) is 18.9 Å². The van der Waals surface area contributed by atoms with Crippen LogP contribution in [0.2, 0.25) is 0 Å². The zero-order valence-corrected chi connectivity index (χ0v) is 18.1. The van der Waals surface area contributed by atoms with E-state index in [4.69, 9.17) is 5.11 Å². The molecule has 0 bridgehead atoms. The molecule has 1 saturated carbocycles. The monoisotopic (exact) mass is 477 g/mol. The molecular weight excluding hydrogens is 452 g/mol. The third-order valence-electron chi connectivity index (χ3n) is 5.51. The van der Waals surface area contributed by atoms with E-state index in [1.54, 1.807) is 0 Å². The minimum absolute atomic E-state index is 0.0525. The van der Waals surface area contributed by atoms with Crippen molar-refractivity contribution >= 4 is 34.8 Å². The lowest BCUT2D eigenvalue weighted by Crippen LogP contribution is -2.37. The summed E-state index contributed by atoms with van der Waals surface area (Å²) in [5.41, 5.74) is 0.218. The molecule has 1 atom stereocenters. The number of aliphatic hydroxyl groups excluding tert-OH is 3. The molecule has 182 valence electrons. The average Bonchev–Trinajstić information content (AvgIpc) is 3.17. The molecule has 34 heavy (non-hydrogen) atoms. The maximum Gasteiger partial charge on any atom is 0.330 e. The van der Waals surface area contributed by atoms with Crippen molar-refractivity contribution in [3.8, 4) is 0 Å². The summed E-state index contributed by atoms with van der Waals surface area (Å²) in [6.45, 7) is -0.802. The molecule has 1 fully saturated rings. The summed E-state index contributed by atoms with van der Waals surface area (Å²) in [5.74, 6) is -1.51. The predicted molar refractivity (Wildman–Crippen MR) is 119 cm³/mol. The highest BCUT2D eigenvalue weighted by Crippen LogP contribution is 2.25. The Hall–Kier alpha value is -3.42. The van der Waals surface area contributed by atoms with Crippen LogP contribution in [-0.4, -0.2) is 72.3 Å². The Bertz CT molecular complexity index is 1170. The largest absolute Gasteiger partial charge is 0.394 e. The van der Waals surface area contributed by atoms with Crippen molar-refractivity contribution in [2.45, 2.75) is 43.9 Å². The van der Waals surface area contributed by atoms with Crippen LogP contribution in [0.5, 0.6) is 0 Å². The van der Waals surface area contributed by atoms with E-state index in [1.165, 1.54) is 6.20 Å². The Kier molecular flexibility index (Phi) is 7.14. The summed E-state index contributed by atoms with van der Waals surface area (Å²) >= 11 is 0. The number of amides is 1. The molecule has 13 heteroatoms. The SMILES string of the molecule is O=C(NC[C@@H](O)CO)n1c(Nc2ccc(F)cc2F)nc2cnc(NC3CCC(O)CC3)nc21. The zero-order chi connectivity index (χ0) is 24.2. The number of hydrogen-bond acceptors (Lipinski definition) is 9. The van der Waals surface area contributed by atoms with Crippen LogP contribution in [0.1, 0.15) is 25.7 Å². The normalized spacial score (nSPS) is 19.1. The molecule has 0 unspecified atom stereocenters. The molecule has 0 spiro atoms. The Balaban J connectivity index is 1.67. The number of nitrogens with one attached hydrogen (secondary N) is 3. The van der Waals surface area contributed by atoms with Crippen LogP contribution in [0.4, 0.5) is 31.2 Å². The second-order valence-electron chi connectivity index (χ2n) is 8.09. The van der Waals surface area contributed by atoms with Gasteiger partial charge in [-0.05, 0) is 37.8 Å². The molecule has 0 saturated heterocycles. The van der Waals surface area contributed by atoms with Gasteiger partial charge >= 0.3 is 6.03 Å². The van der Waals surface area contributed by atoms with Gasteiger partial charge in [0.2, 0.25) is 11.9 Å². The number of aliphatic hydroxyl groups is 3. The van der Waals surface area contributed by atoms with Crippen molar-refractivity contribution < 1.29 is 28.9 Å². The van der Waals surface area contributed by atoms with Crippen LogP contribution in [0.15, 0.2) is 24.4 Å². The molecular formula is C21H25F2N7O4. The summed E-state index contributed by atoms with van der Waals surface area (Å²) in [6.07, 6.45) is 2.69. The van der Waals surface area contributed by atoms with Gasteiger partial charge in [-0.15, -0.1) is 0 Å². The molecule has 0 radical (unpaired) electrons. The topological polar surface area (TPSA) is 157 Å². The van der Waals surface area contributed by atoms with Gasteiger partial charge in [0.15, 0.2) is 5.65 Å². The van der Waals surface area contributed by atoms with Gasteiger partial charge < -0.3 is 31.3 Å². The van der Waals surface area contributed by atoms with E-state index in [1.807, 2.05) is 0 Å². The fourth-order valence-electron chi connectivity index (χ4n) is 3.68. The van der Waals surface area contributed by atoms with E-state index in [9.17, 15) is 23.8 Å². The fraction of sp³-hybridized carbons (Fsp3) is 0.429. The molecule has 1 amide bonds. The zero-order valence-electron chi connectivity index (χ0n) is 18.1. The summed E-state index contributed by atoms with van der Waals surface area (Å²) in [5, 5.41) is 36.6. The maximum absolute atomic E-state index is 14.2. The van der Waals surface area contributed by atoms with Crippen LogP contribution in [-0.2, 0) is 0 Å². The van der Waals surface area contributed by atoms with Crippen molar-refractivity contribution in [2.24, 2.45) is 0 Å². The molecule has 1 aromatic carbocycles. The molecule has 1 aliphatic carbocycles. The molecule has 11 nitrogen and oxygen atoms in total. The van der Waals surface area contributed by atoms with Gasteiger partial charge in [0.25, 0.3) is 0 Å². The van der Waals surface area contributed by atoms with Crippen molar-refractivity contribution in [3.05, 3.63) is 36.0 Å². The third-order valence-corrected chi connectivity index (χ3v) is 5.51. The van der Waals surface area contributed by atoms with Crippen molar-refractivity contribution in [1.29, 1.82) is 0 Å². The summed E-state index contributed by atoms with van der Waals surface area (Å²) in [4.78, 5) is 25.9. The first-order chi connectivity index (χ1) is 16.3.